The number of carbonyl (C=O) groups is 4. The fourth-order valence-electron chi connectivity index (χ4n) is 3.52. The topological polar surface area (TPSA) is 143 Å². The van der Waals surface area contributed by atoms with Gasteiger partial charge in [-0.3, -0.25) is 19.2 Å². The van der Waals surface area contributed by atoms with E-state index in [2.05, 4.69) is 4.79 Å². The number of carboxylic acids is 1. The van der Waals surface area contributed by atoms with Gasteiger partial charge in [0.05, 0.1) is 5.92 Å². The summed E-state index contributed by atoms with van der Waals surface area (Å²) in [6.45, 7) is 2.76. The van der Waals surface area contributed by atoms with Crippen molar-refractivity contribution in [1.29, 1.82) is 0 Å². The Morgan fingerprint density at radius 2 is 1.21 bits per heavy atom. The van der Waals surface area contributed by atoms with Crippen LogP contribution >= 0.6 is 0 Å². The maximum Gasteiger partial charge on any atom is 0.323 e. The Morgan fingerprint density at radius 1 is 0.821 bits per heavy atom. The number of carboxylic acid groups (broad SMARTS) is 1. The summed E-state index contributed by atoms with van der Waals surface area (Å²) in [4.78, 5) is 45.9. The van der Waals surface area contributed by atoms with Crippen LogP contribution < -0.4 is 0 Å². The molecule has 0 aromatic heterocycles. The van der Waals surface area contributed by atoms with E-state index in [9.17, 15) is 19.2 Å². The van der Waals surface area contributed by atoms with E-state index in [-0.39, 0.29) is 41.8 Å². The zero-order valence-electron chi connectivity index (χ0n) is 16.3. The molecule has 2 aliphatic carbocycles. The van der Waals surface area contributed by atoms with Crippen LogP contribution in [0.3, 0.4) is 0 Å². The van der Waals surface area contributed by atoms with Crippen LogP contribution in [0.2, 0.25) is 0 Å². The zero-order chi connectivity index (χ0) is 21.1. The quantitative estimate of drug-likeness (QED) is 0.324. The first-order valence-electron chi connectivity index (χ1n) is 9.51. The Kier molecular flexibility index (Phi) is 10.1. The number of aliphatic carboxylic acids is 1. The Labute approximate surface area is 164 Å². The Hall–Kier alpha value is -2.54. The summed E-state index contributed by atoms with van der Waals surface area (Å²) < 4.78 is 10.0. The van der Waals surface area contributed by atoms with Crippen molar-refractivity contribution in [2.75, 3.05) is 0 Å². The fourth-order valence-corrected chi connectivity index (χ4v) is 3.52. The van der Waals surface area contributed by atoms with E-state index < -0.39 is 5.97 Å². The molecule has 0 spiro atoms. The lowest BCUT2D eigenvalue weighted by molar-refractivity contribution is -0.151. The number of hydrogen-bond donors (Lipinski definition) is 1. The lowest BCUT2D eigenvalue weighted by atomic mass is 9.85. The second-order valence-corrected chi connectivity index (χ2v) is 7.15. The molecule has 2 aliphatic rings. The molecule has 0 amide bonds. The summed E-state index contributed by atoms with van der Waals surface area (Å²) in [5.41, 5.74) is 8.22. The highest BCUT2D eigenvalue weighted by atomic mass is 16.5. The van der Waals surface area contributed by atoms with Crippen LogP contribution in [0, 0.1) is 11.8 Å². The Morgan fingerprint density at radius 3 is 1.54 bits per heavy atom. The molecule has 0 bridgehead atoms. The highest BCUT2D eigenvalue weighted by Gasteiger charge is 2.28. The molecule has 0 radical (unpaired) electrons. The van der Waals surface area contributed by atoms with Crippen LogP contribution in [0.1, 0.15) is 65.2 Å². The third-order valence-corrected chi connectivity index (χ3v) is 4.95. The molecule has 156 valence electrons. The van der Waals surface area contributed by atoms with Crippen molar-refractivity contribution in [1.82, 2.24) is 0 Å². The van der Waals surface area contributed by atoms with Gasteiger partial charge in [-0.15, -0.1) is 0 Å². The van der Waals surface area contributed by atoms with E-state index in [0.29, 0.717) is 51.4 Å². The fraction of sp³-hybridized carbons (Fsp3) is 0.737. The number of ketones is 1. The smallest absolute Gasteiger partial charge is 0.323 e. The molecule has 0 heterocycles. The Balaban J connectivity index is 0.000000283. The number of esters is 2. The largest absolute Gasteiger partial charge is 0.481 e. The third kappa shape index (κ3) is 8.90. The maximum atomic E-state index is 11.3. The summed E-state index contributed by atoms with van der Waals surface area (Å²) in [6, 6.07) is 0. The average molecular weight is 396 g/mol. The number of nitrogens with zero attached hydrogens (tertiary/aromatic N) is 2. The summed E-state index contributed by atoms with van der Waals surface area (Å²) in [7, 11) is 0. The van der Waals surface area contributed by atoms with Gasteiger partial charge < -0.3 is 20.1 Å². The second-order valence-electron chi connectivity index (χ2n) is 7.15. The minimum atomic E-state index is -0.735. The SMILES string of the molecule is CC(=O)OC1CCC(C(=O)C=[N+]=[N-])CC1.CC(=O)OC1CCC(C(=O)O)CC1. The zero-order valence-corrected chi connectivity index (χ0v) is 16.3. The predicted octanol–water partition coefficient (Wildman–Crippen LogP) is 2.17. The molecule has 2 fully saturated rings. The van der Waals surface area contributed by atoms with Crippen LogP contribution in [0.5, 0.6) is 0 Å². The number of hydrogen-bond acceptors (Lipinski definition) is 6. The van der Waals surface area contributed by atoms with Crippen molar-refractivity contribution in [3.8, 4) is 0 Å². The van der Waals surface area contributed by atoms with Crippen LogP contribution in [0.25, 0.3) is 5.53 Å². The molecular formula is C19H28N2O7. The van der Waals surface area contributed by atoms with E-state index >= 15 is 0 Å². The molecule has 0 atom stereocenters. The molecule has 0 saturated heterocycles. The molecule has 0 aromatic rings. The standard InChI is InChI=1S/C10H14N2O3.C9H14O4/c1-7(13)15-9-4-2-8(3-5-9)10(14)6-12-11;1-6(10)13-8-4-2-7(3-5-8)9(11)12/h6,8-9H,2-5H2,1H3;7-8H,2-5H2,1H3,(H,11,12). The first-order valence-corrected chi connectivity index (χ1v) is 9.51. The van der Waals surface area contributed by atoms with Gasteiger partial charge in [-0.05, 0) is 51.4 Å². The number of Topliss-reactive ketones (excluding diaryl/α,β-unsaturated/α-hetero) is 1. The van der Waals surface area contributed by atoms with Gasteiger partial charge in [0, 0.05) is 19.8 Å². The van der Waals surface area contributed by atoms with E-state index in [1.165, 1.54) is 13.8 Å². The van der Waals surface area contributed by atoms with Crippen molar-refractivity contribution in [2.24, 2.45) is 11.8 Å². The molecule has 9 heteroatoms. The van der Waals surface area contributed by atoms with Crippen LogP contribution in [0.4, 0.5) is 0 Å². The Bertz CT molecular complexity index is 612. The number of ether oxygens (including phenoxy) is 2. The van der Waals surface area contributed by atoms with E-state index in [1.807, 2.05) is 0 Å². The monoisotopic (exact) mass is 396 g/mol. The van der Waals surface area contributed by atoms with Crippen LogP contribution in [0.15, 0.2) is 0 Å². The van der Waals surface area contributed by atoms with Gasteiger partial charge in [0.25, 0.3) is 0 Å². The van der Waals surface area contributed by atoms with Gasteiger partial charge in [-0.2, -0.15) is 4.79 Å². The van der Waals surface area contributed by atoms with Crippen molar-refractivity contribution < 1.29 is 38.5 Å². The lowest BCUT2D eigenvalue weighted by Gasteiger charge is -2.25. The van der Waals surface area contributed by atoms with Gasteiger partial charge in [0.15, 0.2) is 0 Å². The van der Waals surface area contributed by atoms with Crippen molar-refractivity contribution in [3.05, 3.63) is 5.53 Å². The first kappa shape index (κ1) is 23.5. The lowest BCUT2D eigenvalue weighted by Crippen LogP contribution is -2.28. The summed E-state index contributed by atoms with van der Waals surface area (Å²) >= 11 is 0. The molecule has 28 heavy (non-hydrogen) atoms. The minimum absolute atomic E-state index is 0.0578. The van der Waals surface area contributed by atoms with E-state index in [1.54, 1.807) is 0 Å². The van der Waals surface area contributed by atoms with Crippen molar-refractivity contribution >= 4 is 29.9 Å². The number of rotatable bonds is 5. The summed E-state index contributed by atoms with van der Waals surface area (Å²) in [5, 5.41) is 8.70. The van der Waals surface area contributed by atoms with E-state index in [4.69, 9.17) is 20.1 Å². The highest BCUT2D eigenvalue weighted by Crippen LogP contribution is 2.27. The predicted molar refractivity (Wildman–Crippen MR) is 97.4 cm³/mol. The molecule has 0 aromatic carbocycles. The van der Waals surface area contributed by atoms with Crippen LogP contribution in [-0.2, 0) is 28.7 Å². The molecule has 2 rings (SSSR count). The normalized spacial score (nSPS) is 26.5. The number of carbonyl (C=O) groups excluding carboxylic acids is 3. The third-order valence-electron chi connectivity index (χ3n) is 4.95. The van der Waals surface area contributed by atoms with Crippen LogP contribution in [-0.4, -0.2) is 52.0 Å². The molecule has 1 N–H and O–H groups in total. The highest BCUT2D eigenvalue weighted by molar-refractivity contribution is 6.26. The molecule has 9 nitrogen and oxygen atoms in total. The van der Waals surface area contributed by atoms with E-state index in [0.717, 1.165) is 6.21 Å². The second kappa shape index (κ2) is 12.0. The average Bonchev–Trinajstić information content (AvgIpc) is 2.62. The van der Waals surface area contributed by atoms with Gasteiger partial charge in [0.2, 0.25) is 5.78 Å². The molecule has 0 unspecified atom stereocenters. The van der Waals surface area contributed by atoms with Gasteiger partial charge in [0.1, 0.15) is 12.2 Å². The summed E-state index contributed by atoms with van der Waals surface area (Å²) in [6.07, 6.45) is 6.19. The minimum Gasteiger partial charge on any atom is -0.481 e. The molecule has 2 saturated carbocycles. The van der Waals surface area contributed by atoms with Gasteiger partial charge in [-0.25, -0.2) is 0 Å². The first-order chi connectivity index (χ1) is 13.2. The molecular weight excluding hydrogens is 368 g/mol. The molecule has 0 aliphatic heterocycles. The van der Waals surface area contributed by atoms with Crippen molar-refractivity contribution in [2.45, 2.75) is 77.4 Å². The van der Waals surface area contributed by atoms with Gasteiger partial charge >= 0.3 is 24.1 Å². The van der Waals surface area contributed by atoms with Gasteiger partial charge in [-0.1, -0.05) is 0 Å². The maximum absolute atomic E-state index is 11.3. The van der Waals surface area contributed by atoms with Crippen molar-refractivity contribution in [3.63, 3.8) is 0 Å². The summed E-state index contributed by atoms with van der Waals surface area (Å²) in [5.74, 6) is -1.78.